The van der Waals surface area contributed by atoms with Crippen LogP contribution in [0.25, 0.3) is 0 Å². The van der Waals surface area contributed by atoms with E-state index in [1.54, 1.807) is 0 Å². The van der Waals surface area contributed by atoms with Gasteiger partial charge >= 0.3 is 17.9 Å². The van der Waals surface area contributed by atoms with Crippen LogP contribution in [0.4, 0.5) is 0 Å². The predicted octanol–water partition coefficient (Wildman–Crippen LogP) is 20.5. The average molecular weight is 992 g/mol. The average Bonchev–Trinajstić information content (AvgIpc) is 3.37. The monoisotopic (exact) mass is 991 g/mol. The van der Waals surface area contributed by atoms with E-state index in [9.17, 15) is 14.4 Å². The third-order valence-electron chi connectivity index (χ3n) is 13.1. The maximum atomic E-state index is 12.8. The second-order valence-electron chi connectivity index (χ2n) is 20.2. The molecule has 0 aliphatic heterocycles. The summed E-state index contributed by atoms with van der Waals surface area (Å²) in [5.41, 5.74) is 0. The summed E-state index contributed by atoms with van der Waals surface area (Å²) in [4.78, 5) is 38.2. The highest BCUT2D eigenvalue weighted by Gasteiger charge is 2.19. The van der Waals surface area contributed by atoms with E-state index < -0.39 is 6.10 Å². The van der Waals surface area contributed by atoms with Gasteiger partial charge in [0, 0.05) is 19.3 Å². The third kappa shape index (κ3) is 57.6. The first-order valence-corrected chi connectivity index (χ1v) is 30.4. The van der Waals surface area contributed by atoms with Gasteiger partial charge in [-0.3, -0.25) is 14.4 Å². The number of carbonyl (C=O) groups excluding carboxylic acids is 3. The lowest BCUT2D eigenvalue weighted by Crippen LogP contribution is -2.30. The van der Waals surface area contributed by atoms with Crippen molar-refractivity contribution >= 4 is 17.9 Å². The van der Waals surface area contributed by atoms with Crippen LogP contribution in [-0.4, -0.2) is 37.2 Å². The minimum absolute atomic E-state index is 0.0860. The molecule has 0 bridgehead atoms. The van der Waals surface area contributed by atoms with Gasteiger partial charge in [0.2, 0.25) is 0 Å². The van der Waals surface area contributed by atoms with Gasteiger partial charge in [0.1, 0.15) is 13.2 Å². The fourth-order valence-corrected chi connectivity index (χ4v) is 8.61. The van der Waals surface area contributed by atoms with Crippen molar-refractivity contribution in [2.75, 3.05) is 13.2 Å². The number of carbonyl (C=O) groups is 3. The largest absolute Gasteiger partial charge is 0.462 e. The molecular formula is C65H114O6. The predicted molar refractivity (Wildman–Crippen MR) is 307 cm³/mol. The Bertz CT molecular complexity index is 1320. The first-order valence-electron chi connectivity index (χ1n) is 30.4. The third-order valence-corrected chi connectivity index (χ3v) is 13.1. The van der Waals surface area contributed by atoms with Crippen LogP contribution in [0.1, 0.15) is 303 Å². The Balaban J connectivity index is 4.27. The smallest absolute Gasteiger partial charge is 0.306 e. The van der Waals surface area contributed by atoms with Crippen molar-refractivity contribution in [2.24, 2.45) is 0 Å². The summed E-state index contributed by atoms with van der Waals surface area (Å²) in [6.07, 6.45) is 76.2. The van der Waals surface area contributed by atoms with Crippen molar-refractivity contribution in [3.8, 4) is 0 Å². The second-order valence-corrected chi connectivity index (χ2v) is 20.2. The van der Waals surface area contributed by atoms with Gasteiger partial charge in [-0.05, 0) is 103 Å². The quantitative estimate of drug-likeness (QED) is 0.0261. The molecule has 0 aromatic rings. The normalized spacial score (nSPS) is 12.5. The van der Waals surface area contributed by atoms with E-state index in [0.717, 1.165) is 128 Å². The van der Waals surface area contributed by atoms with Gasteiger partial charge in [-0.15, -0.1) is 0 Å². The molecule has 0 rings (SSSR count). The summed E-state index contributed by atoms with van der Waals surface area (Å²) in [5, 5.41) is 0. The fraction of sp³-hybridized carbons (Fsp3) is 0.769. The van der Waals surface area contributed by atoms with Crippen molar-refractivity contribution in [3.05, 3.63) is 72.9 Å². The molecule has 0 aromatic heterocycles. The van der Waals surface area contributed by atoms with Crippen molar-refractivity contribution in [2.45, 2.75) is 309 Å². The zero-order valence-corrected chi connectivity index (χ0v) is 47.0. The maximum absolute atomic E-state index is 12.8. The summed E-state index contributed by atoms with van der Waals surface area (Å²) in [5.74, 6) is -0.909. The van der Waals surface area contributed by atoms with Gasteiger partial charge < -0.3 is 14.2 Å². The van der Waals surface area contributed by atoms with Gasteiger partial charge in [0.05, 0.1) is 0 Å². The molecule has 71 heavy (non-hydrogen) atoms. The molecule has 0 aliphatic carbocycles. The maximum Gasteiger partial charge on any atom is 0.306 e. The minimum atomic E-state index is -0.790. The molecule has 410 valence electrons. The molecule has 6 heteroatoms. The van der Waals surface area contributed by atoms with Crippen molar-refractivity contribution in [1.82, 2.24) is 0 Å². The molecule has 0 radical (unpaired) electrons. The van der Waals surface area contributed by atoms with Gasteiger partial charge in [-0.25, -0.2) is 0 Å². The van der Waals surface area contributed by atoms with Gasteiger partial charge in [0.25, 0.3) is 0 Å². The van der Waals surface area contributed by atoms with E-state index in [0.29, 0.717) is 19.3 Å². The molecule has 0 heterocycles. The SMILES string of the molecule is CC/C=C\C/C=C\C/C=C\CCCCCCCC(=O)OC(COC(=O)CCCCCCC/C=C\C/C=C\CCC)COC(=O)CCCCCCCCCCCCCCC/C=C\CCCCCCCCCC. The Hall–Kier alpha value is -3.15. The zero-order valence-electron chi connectivity index (χ0n) is 47.0. The van der Waals surface area contributed by atoms with Crippen LogP contribution in [0.15, 0.2) is 72.9 Å². The van der Waals surface area contributed by atoms with Crippen LogP contribution in [0, 0.1) is 0 Å². The lowest BCUT2D eigenvalue weighted by Gasteiger charge is -2.18. The van der Waals surface area contributed by atoms with Gasteiger partial charge in [-0.1, -0.05) is 254 Å². The van der Waals surface area contributed by atoms with E-state index >= 15 is 0 Å². The van der Waals surface area contributed by atoms with Crippen LogP contribution in [0.5, 0.6) is 0 Å². The molecule has 0 saturated heterocycles. The molecule has 1 atom stereocenters. The first-order chi connectivity index (χ1) is 35.0. The first kappa shape index (κ1) is 67.8. The number of unbranched alkanes of at least 4 members (excludes halogenated alkanes) is 32. The van der Waals surface area contributed by atoms with E-state index in [-0.39, 0.29) is 31.1 Å². The number of rotatable bonds is 55. The van der Waals surface area contributed by atoms with Gasteiger partial charge in [-0.2, -0.15) is 0 Å². The highest BCUT2D eigenvalue weighted by molar-refractivity contribution is 5.71. The van der Waals surface area contributed by atoms with Crippen LogP contribution >= 0.6 is 0 Å². The lowest BCUT2D eigenvalue weighted by atomic mass is 10.0. The molecule has 6 nitrogen and oxygen atoms in total. The Labute approximate surface area is 440 Å². The molecule has 0 N–H and O–H groups in total. The summed E-state index contributed by atoms with van der Waals surface area (Å²) in [6, 6.07) is 0. The molecule has 0 amide bonds. The fourth-order valence-electron chi connectivity index (χ4n) is 8.61. The number of ether oxygens (including phenoxy) is 3. The summed E-state index contributed by atoms with van der Waals surface area (Å²) < 4.78 is 16.9. The van der Waals surface area contributed by atoms with Crippen molar-refractivity contribution < 1.29 is 28.6 Å². The van der Waals surface area contributed by atoms with Crippen LogP contribution < -0.4 is 0 Å². The summed E-state index contributed by atoms with van der Waals surface area (Å²) in [6.45, 7) is 6.46. The van der Waals surface area contributed by atoms with Gasteiger partial charge in [0.15, 0.2) is 6.10 Å². The Morgan fingerprint density at radius 2 is 0.577 bits per heavy atom. The number of hydrogen-bond acceptors (Lipinski definition) is 6. The Morgan fingerprint density at radius 3 is 0.930 bits per heavy atom. The van der Waals surface area contributed by atoms with E-state index in [1.165, 1.54) is 135 Å². The molecule has 0 spiro atoms. The topological polar surface area (TPSA) is 78.9 Å². The molecule has 0 aliphatic rings. The summed E-state index contributed by atoms with van der Waals surface area (Å²) in [7, 11) is 0. The van der Waals surface area contributed by atoms with Crippen LogP contribution in [-0.2, 0) is 28.6 Å². The molecular weight excluding hydrogens is 877 g/mol. The van der Waals surface area contributed by atoms with E-state index in [4.69, 9.17) is 14.2 Å². The molecule has 0 aromatic carbocycles. The highest BCUT2D eigenvalue weighted by atomic mass is 16.6. The van der Waals surface area contributed by atoms with Crippen LogP contribution in [0.3, 0.4) is 0 Å². The molecule has 1 unspecified atom stereocenters. The molecule has 0 fully saturated rings. The van der Waals surface area contributed by atoms with E-state index in [1.807, 2.05) is 0 Å². The number of allylic oxidation sites excluding steroid dienone is 12. The summed E-state index contributed by atoms with van der Waals surface area (Å²) >= 11 is 0. The Morgan fingerprint density at radius 1 is 0.296 bits per heavy atom. The standard InChI is InChI=1S/C65H114O6/c1-4-7-10-13-16-19-22-25-27-28-29-30-31-32-33-34-35-36-38-40-43-46-49-52-55-58-64(67)70-61-62(60-69-63(66)57-54-51-48-45-42-39-24-21-18-15-12-9-6-3)71-65(68)59-56-53-50-47-44-41-37-26-23-20-17-14-11-8-5-2/h8,11-12,15,17,20-21,24,26,28-29,37,62H,4-7,9-10,13-14,16,18-19,22-23,25,27,30-36,38-61H2,1-3H3/b11-8-,15-12-,20-17-,24-21-,29-28-,37-26-. The Kier molecular flexibility index (Phi) is 56.8. The van der Waals surface area contributed by atoms with Crippen molar-refractivity contribution in [1.29, 1.82) is 0 Å². The van der Waals surface area contributed by atoms with Crippen LogP contribution in [0.2, 0.25) is 0 Å². The number of hydrogen-bond donors (Lipinski definition) is 0. The minimum Gasteiger partial charge on any atom is -0.462 e. The second kappa shape index (κ2) is 59.4. The lowest BCUT2D eigenvalue weighted by molar-refractivity contribution is -0.167. The molecule has 0 saturated carbocycles. The number of esters is 3. The zero-order chi connectivity index (χ0) is 51.4. The van der Waals surface area contributed by atoms with E-state index in [2.05, 4.69) is 93.7 Å². The highest BCUT2D eigenvalue weighted by Crippen LogP contribution is 2.16. The van der Waals surface area contributed by atoms with Crippen molar-refractivity contribution in [3.63, 3.8) is 0 Å².